The van der Waals surface area contributed by atoms with Crippen LogP contribution in [-0.2, 0) is 0 Å². The van der Waals surface area contributed by atoms with Gasteiger partial charge in [-0.3, -0.25) is 0 Å². The van der Waals surface area contributed by atoms with Gasteiger partial charge in [0.1, 0.15) is 0 Å². The lowest BCUT2D eigenvalue weighted by molar-refractivity contribution is 0.446. The summed E-state index contributed by atoms with van der Waals surface area (Å²) in [5, 5.41) is 7.05. The van der Waals surface area contributed by atoms with Gasteiger partial charge in [0.25, 0.3) is 0 Å². The van der Waals surface area contributed by atoms with E-state index in [2.05, 4.69) is 58.7 Å². The van der Waals surface area contributed by atoms with Crippen molar-refractivity contribution in [3.05, 3.63) is 33.6 Å². The maximum atomic E-state index is 3.61. The summed E-state index contributed by atoms with van der Waals surface area (Å²) >= 11 is 5.42. The molecule has 1 aromatic heterocycles. The van der Waals surface area contributed by atoms with Crippen LogP contribution in [0.25, 0.3) is 10.1 Å². The number of halogens is 1. The molecule has 1 nitrogen and oxygen atoms in total. The van der Waals surface area contributed by atoms with Gasteiger partial charge in [-0.25, -0.2) is 0 Å². The zero-order valence-electron chi connectivity index (χ0n) is 9.75. The molecule has 2 rings (SSSR count). The topological polar surface area (TPSA) is 12.0 Å². The molecule has 0 saturated heterocycles. The van der Waals surface area contributed by atoms with Crippen LogP contribution in [0.3, 0.4) is 0 Å². The first kappa shape index (κ1) is 12.1. The van der Waals surface area contributed by atoms with Crippen LogP contribution in [0.1, 0.15) is 25.5 Å². The summed E-state index contributed by atoms with van der Waals surface area (Å²) in [6.45, 7) is 4.51. The standard InChI is InChI=1S/C13H16BrNS/c1-8(2)12(15-3)10-7-16-13-9(10)5-4-6-11(13)14/h4-8,12,15H,1-3H3. The smallest absolute Gasteiger partial charge is 0.0488 e. The molecule has 0 bridgehead atoms. The van der Waals surface area contributed by atoms with Crippen LogP contribution in [0.4, 0.5) is 0 Å². The highest BCUT2D eigenvalue weighted by Gasteiger charge is 2.17. The highest BCUT2D eigenvalue weighted by molar-refractivity contribution is 9.10. The lowest BCUT2D eigenvalue weighted by Crippen LogP contribution is -2.21. The van der Waals surface area contributed by atoms with Gasteiger partial charge < -0.3 is 5.32 Å². The van der Waals surface area contributed by atoms with Crippen molar-refractivity contribution in [1.29, 1.82) is 0 Å². The fourth-order valence-corrected chi connectivity index (χ4v) is 3.79. The van der Waals surface area contributed by atoms with Crippen molar-refractivity contribution in [3.63, 3.8) is 0 Å². The zero-order valence-corrected chi connectivity index (χ0v) is 12.2. The van der Waals surface area contributed by atoms with Crippen molar-refractivity contribution in [2.75, 3.05) is 7.05 Å². The Morgan fingerprint density at radius 3 is 2.69 bits per heavy atom. The van der Waals surface area contributed by atoms with E-state index in [0.29, 0.717) is 12.0 Å². The van der Waals surface area contributed by atoms with E-state index in [4.69, 9.17) is 0 Å². The highest BCUT2D eigenvalue weighted by Crippen LogP contribution is 2.36. The second kappa shape index (κ2) is 4.86. The molecule has 0 radical (unpaired) electrons. The summed E-state index contributed by atoms with van der Waals surface area (Å²) in [6, 6.07) is 6.85. The van der Waals surface area contributed by atoms with E-state index >= 15 is 0 Å². The van der Waals surface area contributed by atoms with Crippen LogP contribution in [0.2, 0.25) is 0 Å². The van der Waals surface area contributed by atoms with Crippen LogP contribution in [0, 0.1) is 5.92 Å². The molecule has 0 fully saturated rings. The third-order valence-corrected chi connectivity index (χ3v) is 4.87. The molecule has 2 aromatic rings. The molecule has 1 aromatic carbocycles. The molecule has 16 heavy (non-hydrogen) atoms. The second-order valence-corrected chi connectivity index (χ2v) is 6.05. The number of rotatable bonds is 3. The van der Waals surface area contributed by atoms with Gasteiger partial charge in [0.2, 0.25) is 0 Å². The average Bonchev–Trinajstić information content (AvgIpc) is 2.64. The van der Waals surface area contributed by atoms with Crippen molar-refractivity contribution in [2.24, 2.45) is 5.92 Å². The second-order valence-electron chi connectivity index (χ2n) is 4.32. The third-order valence-electron chi connectivity index (χ3n) is 2.89. The Bertz CT molecular complexity index is 490. The Labute approximate surface area is 109 Å². The molecule has 0 spiro atoms. The van der Waals surface area contributed by atoms with Gasteiger partial charge in [-0.15, -0.1) is 11.3 Å². The van der Waals surface area contributed by atoms with Gasteiger partial charge in [-0.2, -0.15) is 0 Å². The molecule has 0 aliphatic rings. The van der Waals surface area contributed by atoms with Crippen molar-refractivity contribution in [1.82, 2.24) is 5.32 Å². The van der Waals surface area contributed by atoms with Crippen molar-refractivity contribution < 1.29 is 0 Å². The minimum atomic E-state index is 0.433. The van der Waals surface area contributed by atoms with Gasteiger partial charge in [0.05, 0.1) is 0 Å². The molecule has 1 unspecified atom stereocenters. The van der Waals surface area contributed by atoms with E-state index in [0.717, 1.165) is 0 Å². The van der Waals surface area contributed by atoms with E-state index in [1.807, 2.05) is 18.4 Å². The minimum Gasteiger partial charge on any atom is -0.313 e. The van der Waals surface area contributed by atoms with Crippen LogP contribution in [0.15, 0.2) is 28.1 Å². The van der Waals surface area contributed by atoms with E-state index in [1.54, 1.807) is 0 Å². The zero-order chi connectivity index (χ0) is 11.7. The van der Waals surface area contributed by atoms with Crippen LogP contribution >= 0.6 is 27.3 Å². The molecule has 0 aliphatic carbocycles. The summed E-state index contributed by atoms with van der Waals surface area (Å²) in [5.41, 5.74) is 1.42. The predicted molar refractivity (Wildman–Crippen MR) is 76.2 cm³/mol. The normalized spacial score (nSPS) is 13.6. The number of hydrogen-bond donors (Lipinski definition) is 1. The largest absolute Gasteiger partial charge is 0.313 e. The maximum Gasteiger partial charge on any atom is 0.0488 e. The van der Waals surface area contributed by atoms with Crippen molar-refractivity contribution in [2.45, 2.75) is 19.9 Å². The first-order valence-corrected chi connectivity index (χ1v) is 7.15. The molecule has 0 saturated carbocycles. The maximum absolute atomic E-state index is 3.61. The summed E-state index contributed by atoms with van der Waals surface area (Å²) in [4.78, 5) is 0. The minimum absolute atomic E-state index is 0.433. The Morgan fingerprint density at radius 2 is 2.06 bits per heavy atom. The van der Waals surface area contributed by atoms with Gasteiger partial charge in [-0.05, 0) is 51.3 Å². The molecule has 1 N–H and O–H groups in total. The fraction of sp³-hybridized carbons (Fsp3) is 0.385. The molecule has 1 heterocycles. The van der Waals surface area contributed by atoms with Crippen LogP contribution in [0.5, 0.6) is 0 Å². The van der Waals surface area contributed by atoms with Gasteiger partial charge in [-0.1, -0.05) is 26.0 Å². The Morgan fingerprint density at radius 1 is 1.31 bits per heavy atom. The summed E-state index contributed by atoms with van der Waals surface area (Å²) in [5.74, 6) is 0.599. The quantitative estimate of drug-likeness (QED) is 0.874. The monoisotopic (exact) mass is 297 g/mol. The summed E-state index contributed by atoms with van der Waals surface area (Å²) < 4.78 is 2.54. The first-order valence-electron chi connectivity index (χ1n) is 5.48. The Balaban J connectivity index is 2.57. The summed E-state index contributed by atoms with van der Waals surface area (Å²) in [7, 11) is 2.03. The van der Waals surface area contributed by atoms with Crippen LogP contribution < -0.4 is 5.32 Å². The molecule has 0 amide bonds. The molecule has 1 atom stereocenters. The number of benzene rings is 1. The van der Waals surface area contributed by atoms with E-state index in [9.17, 15) is 0 Å². The van der Waals surface area contributed by atoms with E-state index in [1.165, 1.54) is 20.1 Å². The summed E-state index contributed by atoms with van der Waals surface area (Å²) in [6.07, 6.45) is 0. The lowest BCUT2D eigenvalue weighted by atomic mass is 9.96. The number of hydrogen-bond acceptors (Lipinski definition) is 2. The number of thiophene rings is 1. The highest BCUT2D eigenvalue weighted by atomic mass is 79.9. The SMILES string of the molecule is CNC(c1csc2c(Br)cccc12)C(C)C. The Kier molecular flexibility index (Phi) is 3.67. The molecular formula is C13H16BrNS. The Hall–Kier alpha value is -0.380. The van der Waals surface area contributed by atoms with Gasteiger partial charge >= 0.3 is 0 Å². The van der Waals surface area contributed by atoms with E-state index in [-0.39, 0.29) is 0 Å². The van der Waals surface area contributed by atoms with Crippen molar-refractivity contribution >= 4 is 37.4 Å². The number of nitrogens with one attached hydrogen (secondary N) is 1. The molecular weight excluding hydrogens is 282 g/mol. The first-order chi connectivity index (χ1) is 7.65. The molecule has 3 heteroatoms. The number of fused-ring (bicyclic) bond motifs is 1. The third kappa shape index (κ3) is 2.04. The fourth-order valence-electron chi connectivity index (χ4n) is 2.13. The van der Waals surface area contributed by atoms with E-state index < -0.39 is 0 Å². The average molecular weight is 298 g/mol. The predicted octanol–water partition coefficient (Wildman–Crippen LogP) is 4.58. The lowest BCUT2D eigenvalue weighted by Gasteiger charge is -2.19. The molecule has 86 valence electrons. The van der Waals surface area contributed by atoms with Crippen molar-refractivity contribution in [3.8, 4) is 0 Å². The molecule has 0 aliphatic heterocycles. The van der Waals surface area contributed by atoms with Crippen LogP contribution in [-0.4, -0.2) is 7.05 Å². The van der Waals surface area contributed by atoms with Gasteiger partial charge in [0, 0.05) is 15.2 Å². The van der Waals surface area contributed by atoms with Gasteiger partial charge in [0.15, 0.2) is 0 Å².